The van der Waals surface area contributed by atoms with Crippen LogP contribution in [0.2, 0.25) is 5.02 Å². The summed E-state index contributed by atoms with van der Waals surface area (Å²) in [7, 11) is 0. The fourth-order valence-corrected chi connectivity index (χ4v) is 2.17. The molecule has 1 unspecified atom stereocenters. The molecule has 1 N–H and O–H groups in total. The summed E-state index contributed by atoms with van der Waals surface area (Å²) < 4.78 is 10.8. The van der Waals surface area contributed by atoms with Gasteiger partial charge in [-0.15, -0.1) is 0 Å². The minimum Gasteiger partial charge on any atom is -0.458 e. The molecule has 4 heteroatoms. The zero-order valence-corrected chi connectivity index (χ0v) is 9.33. The lowest BCUT2D eigenvalue weighted by Crippen LogP contribution is -2.24. The summed E-state index contributed by atoms with van der Waals surface area (Å²) in [6, 6.07) is 7.23. The lowest BCUT2D eigenvalue weighted by Gasteiger charge is -2.16. The van der Waals surface area contributed by atoms with E-state index >= 15 is 0 Å². The molecule has 0 radical (unpaired) electrons. The quantitative estimate of drug-likeness (QED) is 0.831. The molecule has 2 aromatic rings. The molecule has 1 aliphatic heterocycles. The Morgan fingerprint density at radius 1 is 1.31 bits per heavy atom. The van der Waals surface area contributed by atoms with E-state index in [1.807, 2.05) is 12.1 Å². The molecule has 0 amide bonds. The Kier molecular flexibility index (Phi) is 2.21. The minimum atomic E-state index is -0.981. The Labute approximate surface area is 97.6 Å². The first-order chi connectivity index (χ1) is 7.67. The molecule has 1 aromatic heterocycles. The topological polar surface area (TPSA) is 42.6 Å². The number of fused-ring (bicyclic) bond motifs is 1. The number of benzene rings is 1. The molecule has 3 nitrogen and oxygen atoms in total. The maximum Gasteiger partial charge on any atom is 0.147 e. The van der Waals surface area contributed by atoms with Crippen LogP contribution in [0.25, 0.3) is 11.0 Å². The fraction of sp³-hybridized carbons (Fsp3) is 0.333. The SMILES string of the molecule is OC1(c2cc3cc(Cl)ccc3o2)CCOC1. The molecule has 16 heavy (non-hydrogen) atoms. The Morgan fingerprint density at radius 3 is 2.94 bits per heavy atom. The largest absolute Gasteiger partial charge is 0.458 e. The van der Waals surface area contributed by atoms with Crippen LogP contribution in [0.3, 0.4) is 0 Å². The van der Waals surface area contributed by atoms with Crippen LogP contribution in [0, 0.1) is 0 Å². The summed E-state index contributed by atoms with van der Waals surface area (Å²) >= 11 is 5.89. The first-order valence-electron chi connectivity index (χ1n) is 5.17. The molecule has 1 atom stereocenters. The summed E-state index contributed by atoms with van der Waals surface area (Å²) in [5, 5.41) is 11.8. The van der Waals surface area contributed by atoms with Crippen LogP contribution < -0.4 is 0 Å². The number of furan rings is 1. The average molecular weight is 239 g/mol. The van der Waals surface area contributed by atoms with Crippen molar-refractivity contribution >= 4 is 22.6 Å². The van der Waals surface area contributed by atoms with Gasteiger partial charge in [0.25, 0.3) is 0 Å². The summed E-state index contributed by atoms with van der Waals surface area (Å²) in [6.45, 7) is 0.856. The van der Waals surface area contributed by atoms with Crippen LogP contribution in [0.4, 0.5) is 0 Å². The van der Waals surface area contributed by atoms with Gasteiger partial charge in [-0.3, -0.25) is 0 Å². The summed E-state index contributed by atoms with van der Waals surface area (Å²) in [6.07, 6.45) is 0.570. The maximum absolute atomic E-state index is 10.3. The van der Waals surface area contributed by atoms with E-state index < -0.39 is 5.60 Å². The van der Waals surface area contributed by atoms with Gasteiger partial charge in [-0.1, -0.05) is 11.6 Å². The Morgan fingerprint density at radius 2 is 2.19 bits per heavy atom. The van der Waals surface area contributed by atoms with Gasteiger partial charge in [0.05, 0.1) is 13.2 Å². The standard InChI is InChI=1S/C12H11ClO3/c13-9-1-2-10-8(5-9)6-11(16-10)12(14)3-4-15-7-12/h1-2,5-6,14H,3-4,7H2. The van der Waals surface area contributed by atoms with Crippen LogP contribution in [0.15, 0.2) is 28.7 Å². The van der Waals surface area contributed by atoms with Gasteiger partial charge in [0, 0.05) is 16.8 Å². The van der Waals surface area contributed by atoms with Crippen molar-refractivity contribution in [3.63, 3.8) is 0 Å². The van der Waals surface area contributed by atoms with Gasteiger partial charge >= 0.3 is 0 Å². The van der Waals surface area contributed by atoms with Crippen LogP contribution in [0.5, 0.6) is 0 Å². The summed E-state index contributed by atoms with van der Waals surface area (Å²) in [4.78, 5) is 0. The molecule has 0 aliphatic carbocycles. The number of halogens is 1. The third-order valence-electron chi connectivity index (χ3n) is 2.94. The van der Waals surface area contributed by atoms with E-state index in [2.05, 4.69) is 0 Å². The third kappa shape index (κ3) is 1.52. The molecular weight excluding hydrogens is 228 g/mol. The zero-order chi connectivity index (χ0) is 11.2. The van der Waals surface area contributed by atoms with Gasteiger partial charge in [0.1, 0.15) is 16.9 Å². The van der Waals surface area contributed by atoms with Gasteiger partial charge in [-0.25, -0.2) is 0 Å². The van der Waals surface area contributed by atoms with Crippen molar-refractivity contribution in [2.75, 3.05) is 13.2 Å². The highest BCUT2D eigenvalue weighted by Crippen LogP contribution is 2.34. The maximum atomic E-state index is 10.3. The second-order valence-electron chi connectivity index (χ2n) is 4.13. The van der Waals surface area contributed by atoms with Crippen molar-refractivity contribution in [1.82, 2.24) is 0 Å². The van der Waals surface area contributed by atoms with Crippen molar-refractivity contribution in [1.29, 1.82) is 0 Å². The second kappa shape index (κ2) is 3.48. The van der Waals surface area contributed by atoms with Gasteiger partial charge in [-0.05, 0) is 24.3 Å². The van der Waals surface area contributed by atoms with E-state index in [4.69, 9.17) is 20.8 Å². The molecule has 1 aromatic carbocycles. The van der Waals surface area contributed by atoms with E-state index in [0.717, 1.165) is 11.0 Å². The van der Waals surface area contributed by atoms with Crippen molar-refractivity contribution in [2.45, 2.75) is 12.0 Å². The van der Waals surface area contributed by atoms with E-state index in [9.17, 15) is 5.11 Å². The Hall–Kier alpha value is -1.03. The van der Waals surface area contributed by atoms with Crippen LogP contribution >= 0.6 is 11.6 Å². The average Bonchev–Trinajstić information content (AvgIpc) is 2.84. The normalized spacial score (nSPS) is 25.4. The molecule has 3 rings (SSSR count). The predicted octanol–water partition coefficient (Wildman–Crippen LogP) is 2.69. The number of ether oxygens (including phenoxy) is 1. The van der Waals surface area contributed by atoms with Crippen molar-refractivity contribution in [2.24, 2.45) is 0 Å². The number of aliphatic hydroxyl groups is 1. The predicted molar refractivity (Wildman–Crippen MR) is 60.6 cm³/mol. The molecule has 84 valence electrons. The lowest BCUT2D eigenvalue weighted by atomic mass is 10.0. The monoisotopic (exact) mass is 238 g/mol. The minimum absolute atomic E-state index is 0.292. The number of hydrogen-bond acceptors (Lipinski definition) is 3. The first kappa shape index (κ1) is 10.1. The fourth-order valence-electron chi connectivity index (χ4n) is 1.99. The highest BCUT2D eigenvalue weighted by Gasteiger charge is 2.37. The Bertz CT molecular complexity index is 526. The molecule has 2 heterocycles. The molecule has 1 saturated heterocycles. The highest BCUT2D eigenvalue weighted by atomic mass is 35.5. The zero-order valence-electron chi connectivity index (χ0n) is 8.57. The summed E-state index contributed by atoms with van der Waals surface area (Å²) in [5.41, 5.74) is -0.245. The van der Waals surface area contributed by atoms with Crippen molar-refractivity contribution < 1.29 is 14.3 Å². The number of rotatable bonds is 1. The van der Waals surface area contributed by atoms with Crippen molar-refractivity contribution in [3.05, 3.63) is 35.0 Å². The van der Waals surface area contributed by atoms with E-state index in [1.165, 1.54) is 0 Å². The van der Waals surface area contributed by atoms with Gasteiger partial charge in [-0.2, -0.15) is 0 Å². The smallest absolute Gasteiger partial charge is 0.147 e. The molecule has 0 bridgehead atoms. The van der Waals surface area contributed by atoms with E-state index in [0.29, 0.717) is 30.4 Å². The second-order valence-corrected chi connectivity index (χ2v) is 4.56. The first-order valence-corrected chi connectivity index (χ1v) is 5.55. The van der Waals surface area contributed by atoms with E-state index in [1.54, 1.807) is 12.1 Å². The molecule has 1 aliphatic rings. The van der Waals surface area contributed by atoms with Crippen LogP contribution in [-0.4, -0.2) is 18.3 Å². The van der Waals surface area contributed by atoms with E-state index in [-0.39, 0.29) is 0 Å². The van der Waals surface area contributed by atoms with Crippen LogP contribution in [-0.2, 0) is 10.3 Å². The van der Waals surface area contributed by atoms with Crippen LogP contribution in [0.1, 0.15) is 12.2 Å². The Balaban J connectivity index is 2.11. The van der Waals surface area contributed by atoms with Gasteiger partial charge < -0.3 is 14.3 Å². The molecule has 0 spiro atoms. The highest BCUT2D eigenvalue weighted by molar-refractivity contribution is 6.31. The van der Waals surface area contributed by atoms with Gasteiger partial charge in [0.2, 0.25) is 0 Å². The lowest BCUT2D eigenvalue weighted by molar-refractivity contribution is 0.00579. The van der Waals surface area contributed by atoms with Crippen molar-refractivity contribution in [3.8, 4) is 0 Å². The molecule has 1 fully saturated rings. The van der Waals surface area contributed by atoms with Gasteiger partial charge in [0.15, 0.2) is 0 Å². The molecule has 0 saturated carbocycles. The third-order valence-corrected chi connectivity index (χ3v) is 3.17. The summed E-state index contributed by atoms with van der Waals surface area (Å²) in [5.74, 6) is 0.558. The molecular formula is C12H11ClO3. The number of hydrogen-bond donors (Lipinski definition) is 1.